The topological polar surface area (TPSA) is 111 Å². The molecule has 0 spiro atoms. The van der Waals surface area contributed by atoms with Gasteiger partial charge >= 0.3 is 12.1 Å². The zero-order chi connectivity index (χ0) is 25.0. The predicted molar refractivity (Wildman–Crippen MR) is 124 cm³/mol. The Labute approximate surface area is 200 Å². The molecule has 1 atom stereocenters. The van der Waals surface area contributed by atoms with E-state index in [0.29, 0.717) is 48.0 Å². The summed E-state index contributed by atoms with van der Waals surface area (Å²) in [5.41, 5.74) is 1.10. The van der Waals surface area contributed by atoms with Gasteiger partial charge in [-0.05, 0) is 49.1 Å². The number of nitrogens with one attached hydrogen (secondary N) is 1. The Hall–Kier alpha value is -2.47. The van der Waals surface area contributed by atoms with E-state index in [4.69, 9.17) is 0 Å². The molecular weight excluding hydrogens is 471 g/mol. The summed E-state index contributed by atoms with van der Waals surface area (Å²) in [7, 11) is 0. The maximum absolute atomic E-state index is 13.0. The molecule has 0 amide bonds. The first-order valence-corrected chi connectivity index (χ1v) is 12.1. The fraction of sp³-hybridized carbons (Fsp3) is 0.636. The molecule has 34 heavy (non-hydrogen) atoms. The van der Waals surface area contributed by atoms with Crippen molar-refractivity contribution < 1.29 is 28.2 Å². The minimum absolute atomic E-state index is 0.0259. The molecule has 0 saturated heterocycles. The Morgan fingerprint density at radius 1 is 1.26 bits per heavy atom. The van der Waals surface area contributed by atoms with Crippen LogP contribution in [0.3, 0.4) is 0 Å². The summed E-state index contributed by atoms with van der Waals surface area (Å²) in [6.45, 7) is 6.56. The molecule has 1 saturated carbocycles. The molecule has 12 heteroatoms. The van der Waals surface area contributed by atoms with Crippen molar-refractivity contribution in [3.63, 3.8) is 0 Å². The number of aliphatic hydroxyl groups is 1. The van der Waals surface area contributed by atoms with Crippen LogP contribution in [0, 0.1) is 5.92 Å². The number of halogens is 3. The fourth-order valence-corrected chi connectivity index (χ4v) is 4.72. The van der Waals surface area contributed by atoms with Crippen molar-refractivity contribution in [3.05, 3.63) is 23.7 Å². The summed E-state index contributed by atoms with van der Waals surface area (Å²) in [5.74, 6) is -1.67. The van der Waals surface area contributed by atoms with E-state index >= 15 is 0 Å². The maximum atomic E-state index is 13.0. The number of carboxylic acid groups (broad SMARTS) is 1. The van der Waals surface area contributed by atoms with Gasteiger partial charge in [0.1, 0.15) is 0 Å². The molecule has 3 rings (SSSR count). The lowest BCUT2D eigenvalue weighted by Crippen LogP contribution is -2.42. The van der Waals surface area contributed by atoms with Gasteiger partial charge in [0.05, 0.1) is 18.2 Å². The van der Waals surface area contributed by atoms with Crippen LogP contribution in [0.15, 0.2) is 12.3 Å². The van der Waals surface area contributed by atoms with Crippen molar-refractivity contribution in [2.24, 2.45) is 5.92 Å². The van der Waals surface area contributed by atoms with Crippen LogP contribution < -0.4 is 10.2 Å². The number of carboxylic acids is 1. The van der Waals surface area contributed by atoms with Crippen LogP contribution in [0.25, 0.3) is 0 Å². The van der Waals surface area contributed by atoms with Crippen molar-refractivity contribution in [2.75, 3.05) is 16.8 Å². The van der Waals surface area contributed by atoms with Gasteiger partial charge in [-0.1, -0.05) is 20.8 Å². The second-order valence-corrected chi connectivity index (χ2v) is 9.95. The van der Waals surface area contributed by atoms with Crippen LogP contribution >= 0.6 is 11.5 Å². The van der Waals surface area contributed by atoms with Crippen LogP contribution in [0.5, 0.6) is 0 Å². The van der Waals surface area contributed by atoms with Gasteiger partial charge in [0.25, 0.3) is 0 Å². The molecule has 3 N–H and O–H groups in total. The highest BCUT2D eigenvalue weighted by atomic mass is 32.1. The van der Waals surface area contributed by atoms with Gasteiger partial charge in [-0.2, -0.15) is 22.5 Å². The maximum Gasteiger partial charge on any atom is 0.452 e. The summed E-state index contributed by atoms with van der Waals surface area (Å²) < 4.78 is 42.4. The highest BCUT2D eigenvalue weighted by Crippen LogP contribution is 2.37. The molecule has 1 fully saturated rings. The Balaban J connectivity index is 2.00. The van der Waals surface area contributed by atoms with Gasteiger partial charge in [0.15, 0.2) is 5.82 Å². The molecule has 0 aromatic carbocycles. The van der Waals surface area contributed by atoms with Crippen LogP contribution in [0.4, 0.5) is 29.8 Å². The molecule has 0 bridgehead atoms. The highest BCUT2D eigenvalue weighted by molar-refractivity contribution is 7.09. The number of aliphatic carboxylic acids is 1. The van der Waals surface area contributed by atoms with Crippen molar-refractivity contribution in [1.82, 2.24) is 14.3 Å². The van der Waals surface area contributed by atoms with Gasteiger partial charge in [-0.25, -0.2) is 4.98 Å². The van der Waals surface area contributed by atoms with E-state index in [1.54, 1.807) is 19.2 Å². The second-order valence-electron chi connectivity index (χ2n) is 9.19. The first kappa shape index (κ1) is 26.1. The number of nitrogens with zero attached hydrogens (tertiary/aromatic N) is 4. The average molecular weight is 502 g/mol. The molecule has 2 aromatic rings. The summed E-state index contributed by atoms with van der Waals surface area (Å²) in [6.07, 6.45) is -0.589. The summed E-state index contributed by atoms with van der Waals surface area (Å²) >= 11 is 0.601. The number of pyridine rings is 1. The van der Waals surface area contributed by atoms with Crippen LogP contribution in [0.2, 0.25) is 0 Å². The number of hydrogen-bond acceptors (Lipinski definition) is 8. The van der Waals surface area contributed by atoms with Gasteiger partial charge < -0.3 is 20.4 Å². The predicted octanol–water partition coefficient (Wildman–Crippen LogP) is 5.04. The zero-order valence-electron chi connectivity index (χ0n) is 19.3. The largest absolute Gasteiger partial charge is 0.481 e. The van der Waals surface area contributed by atoms with Crippen molar-refractivity contribution in [3.8, 4) is 0 Å². The molecule has 188 valence electrons. The minimum Gasteiger partial charge on any atom is -0.481 e. The lowest BCUT2D eigenvalue weighted by atomic mass is 9.91. The number of alkyl halides is 3. The first-order chi connectivity index (χ1) is 15.9. The minimum atomic E-state index is -4.65. The van der Waals surface area contributed by atoms with E-state index < -0.39 is 18.0 Å². The molecule has 0 radical (unpaired) electrons. The van der Waals surface area contributed by atoms with E-state index in [0.717, 1.165) is 12.8 Å². The number of rotatable bonds is 9. The normalized spacial score (nSPS) is 19.8. The summed E-state index contributed by atoms with van der Waals surface area (Å²) in [6, 6.07) is 1.84. The van der Waals surface area contributed by atoms with Crippen LogP contribution in [-0.4, -0.2) is 49.2 Å². The Kier molecular flexibility index (Phi) is 8.34. The van der Waals surface area contributed by atoms with Crippen LogP contribution in [0.1, 0.15) is 70.2 Å². The third-order valence-corrected chi connectivity index (χ3v) is 6.43. The van der Waals surface area contributed by atoms with E-state index in [-0.39, 0.29) is 35.5 Å². The van der Waals surface area contributed by atoms with Gasteiger partial charge in [0, 0.05) is 30.3 Å². The quantitative estimate of drug-likeness (QED) is 0.438. The van der Waals surface area contributed by atoms with E-state index in [1.807, 2.05) is 0 Å². The average Bonchev–Trinajstić information content (AvgIpc) is 3.21. The third-order valence-electron chi connectivity index (χ3n) is 5.80. The molecule has 0 unspecified atom stereocenters. The molecule has 1 aliphatic rings. The number of carbonyl (C=O) groups is 1. The monoisotopic (exact) mass is 501 g/mol. The highest BCUT2D eigenvalue weighted by Gasteiger charge is 2.36. The Morgan fingerprint density at radius 2 is 1.94 bits per heavy atom. The summed E-state index contributed by atoms with van der Waals surface area (Å²) in [4.78, 5) is 21.6. The molecule has 1 aliphatic carbocycles. The molecule has 2 aromatic heterocycles. The van der Waals surface area contributed by atoms with Crippen molar-refractivity contribution in [2.45, 2.75) is 77.1 Å². The third kappa shape index (κ3) is 6.78. The van der Waals surface area contributed by atoms with Crippen molar-refractivity contribution in [1.29, 1.82) is 0 Å². The second kappa shape index (κ2) is 10.9. The summed E-state index contributed by atoms with van der Waals surface area (Å²) in [5, 5.41) is 22.1. The van der Waals surface area contributed by atoms with E-state index in [9.17, 15) is 28.2 Å². The van der Waals surface area contributed by atoms with E-state index in [2.05, 4.69) is 38.4 Å². The number of aliphatic hydroxyl groups excluding tert-OH is 1. The number of aromatic nitrogens is 3. The Bertz CT molecular complexity index is 977. The Morgan fingerprint density at radius 3 is 2.50 bits per heavy atom. The zero-order valence-corrected chi connectivity index (χ0v) is 20.2. The van der Waals surface area contributed by atoms with Crippen LogP contribution in [-0.2, 0) is 11.0 Å². The molecule has 8 nitrogen and oxygen atoms in total. The van der Waals surface area contributed by atoms with Gasteiger partial charge in [0.2, 0.25) is 11.0 Å². The fourth-order valence-electron chi connectivity index (χ4n) is 4.12. The molecular formula is C22H30F3N5O3S. The lowest BCUT2D eigenvalue weighted by Gasteiger charge is -2.38. The smallest absolute Gasteiger partial charge is 0.452 e. The van der Waals surface area contributed by atoms with Gasteiger partial charge in [-0.3, -0.25) is 4.79 Å². The number of hydrogen-bond donors (Lipinski definition) is 3. The SMILES string of the molecule is CC(C)CN(c1ncc([C@H](C)CC(=O)O)cc1Nc1nc(C(F)(F)F)ns1)C1CCC(O)CC1. The molecule has 0 aliphatic heterocycles. The molecule has 2 heterocycles. The number of anilines is 3. The first-order valence-electron chi connectivity index (χ1n) is 11.3. The van der Waals surface area contributed by atoms with Gasteiger partial charge in [-0.15, -0.1) is 0 Å². The van der Waals surface area contributed by atoms with E-state index in [1.165, 1.54) is 0 Å². The lowest BCUT2D eigenvalue weighted by molar-refractivity contribution is -0.144. The van der Waals surface area contributed by atoms with Crippen molar-refractivity contribution >= 4 is 34.1 Å². The standard InChI is InChI=1S/C22H30F3N5O3S/c1-12(2)11-30(15-4-6-16(31)7-5-15)19-17(9-14(10-26-19)13(3)8-18(32)33)27-21-28-20(29-34-21)22(23,24)25/h9-10,12-13,15-16,31H,4-8,11H2,1-3H3,(H,32,33)(H,27,28,29)/t13-,15?,16?/m1/s1.